The van der Waals surface area contributed by atoms with E-state index in [0.29, 0.717) is 57.1 Å². The highest BCUT2D eigenvalue weighted by Crippen LogP contribution is 2.23. The highest BCUT2D eigenvalue weighted by atomic mass is 32.2. The second-order valence-electron chi connectivity index (χ2n) is 6.99. The third kappa shape index (κ3) is 5.02. The van der Waals surface area contributed by atoms with E-state index in [9.17, 15) is 8.42 Å². The first-order chi connectivity index (χ1) is 10.9. The first-order valence-corrected chi connectivity index (χ1v) is 10.4. The SMILES string of the molecule is C=CCC(C)C(C)NC1CCN(S(=O)(=O)C2CCOCC2)CC1. The van der Waals surface area contributed by atoms with Crippen LogP contribution in [0.5, 0.6) is 0 Å². The molecule has 2 atom stereocenters. The minimum atomic E-state index is -3.15. The van der Waals surface area contributed by atoms with Gasteiger partial charge in [0.05, 0.1) is 5.25 Å². The zero-order valence-corrected chi connectivity index (χ0v) is 15.4. The molecule has 0 amide bonds. The Morgan fingerprint density at radius 1 is 1.22 bits per heavy atom. The number of rotatable bonds is 7. The highest BCUT2D eigenvalue weighted by molar-refractivity contribution is 7.89. The molecule has 23 heavy (non-hydrogen) atoms. The minimum absolute atomic E-state index is 0.243. The van der Waals surface area contributed by atoms with Crippen molar-refractivity contribution in [3.8, 4) is 0 Å². The number of piperidine rings is 1. The molecule has 2 aliphatic rings. The largest absolute Gasteiger partial charge is 0.381 e. The van der Waals surface area contributed by atoms with Gasteiger partial charge in [-0.05, 0) is 44.9 Å². The number of nitrogens with one attached hydrogen (secondary N) is 1. The fourth-order valence-corrected chi connectivity index (χ4v) is 5.39. The molecule has 2 aliphatic heterocycles. The lowest BCUT2D eigenvalue weighted by molar-refractivity contribution is 0.0968. The Balaban J connectivity index is 1.82. The van der Waals surface area contributed by atoms with Gasteiger partial charge in [-0.1, -0.05) is 13.0 Å². The van der Waals surface area contributed by atoms with Crippen molar-refractivity contribution in [2.24, 2.45) is 5.92 Å². The third-order valence-corrected chi connectivity index (χ3v) is 7.69. The van der Waals surface area contributed by atoms with Gasteiger partial charge in [0, 0.05) is 38.4 Å². The van der Waals surface area contributed by atoms with E-state index in [4.69, 9.17) is 4.74 Å². The zero-order valence-electron chi connectivity index (χ0n) is 14.5. The molecule has 0 aromatic rings. The molecule has 2 fully saturated rings. The summed E-state index contributed by atoms with van der Waals surface area (Å²) in [6.45, 7) is 10.7. The highest BCUT2D eigenvalue weighted by Gasteiger charge is 2.35. The number of allylic oxidation sites excluding steroid dienone is 1. The summed E-state index contributed by atoms with van der Waals surface area (Å²) in [4.78, 5) is 0. The maximum atomic E-state index is 12.7. The molecule has 2 unspecified atom stereocenters. The Hall–Kier alpha value is -0.430. The normalized spacial score (nSPS) is 25.1. The molecule has 134 valence electrons. The monoisotopic (exact) mass is 344 g/mol. The Kier molecular flexibility index (Phi) is 7.07. The maximum absolute atomic E-state index is 12.7. The van der Waals surface area contributed by atoms with Crippen molar-refractivity contribution >= 4 is 10.0 Å². The van der Waals surface area contributed by atoms with Crippen molar-refractivity contribution in [3.63, 3.8) is 0 Å². The van der Waals surface area contributed by atoms with E-state index < -0.39 is 10.0 Å². The van der Waals surface area contributed by atoms with Gasteiger partial charge in [0.2, 0.25) is 10.0 Å². The van der Waals surface area contributed by atoms with Gasteiger partial charge in [-0.2, -0.15) is 0 Å². The molecule has 0 bridgehead atoms. The number of hydrogen-bond acceptors (Lipinski definition) is 4. The van der Waals surface area contributed by atoms with Crippen LogP contribution in [0.15, 0.2) is 12.7 Å². The molecule has 0 aromatic heterocycles. The second-order valence-corrected chi connectivity index (χ2v) is 9.20. The van der Waals surface area contributed by atoms with Crippen molar-refractivity contribution in [2.75, 3.05) is 26.3 Å². The molecule has 2 heterocycles. The van der Waals surface area contributed by atoms with Crippen molar-refractivity contribution in [3.05, 3.63) is 12.7 Å². The van der Waals surface area contributed by atoms with Crippen LogP contribution in [0.2, 0.25) is 0 Å². The van der Waals surface area contributed by atoms with Crippen molar-refractivity contribution in [1.29, 1.82) is 0 Å². The quantitative estimate of drug-likeness (QED) is 0.719. The van der Waals surface area contributed by atoms with E-state index in [-0.39, 0.29) is 5.25 Å². The lowest BCUT2D eigenvalue weighted by Gasteiger charge is -2.36. The number of nitrogens with zero attached hydrogens (tertiary/aromatic N) is 1. The average Bonchev–Trinajstić information content (AvgIpc) is 2.56. The first-order valence-electron chi connectivity index (χ1n) is 8.88. The average molecular weight is 345 g/mol. The molecule has 0 aliphatic carbocycles. The molecular formula is C17H32N2O3S. The van der Waals surface area contributed by atoms with Crippen molar-refractivity contribution in [2.45, 2.75) is 63.3 Å². The van der Waals surface area contributed by atoms with E-state index in [1.165, 1.54) is 0 Å². The molecule has 0 radical (unpaired) electrons. The summed E-state index contributed by atoms with van der Waals surface area (Å²) in [5.74, 6) is 0.552. The summed E-state index contributed by atoms with van der Waals surface area (Å²) >= 11 is 0. The summed E-state index contributed by atoms with van der Waals surface area (Å²) in [5.41, 5.74) is 0. The summed E-state index contributed by atoms with van der Waals surface area (Å²) in [6.07, 6.45) is 6.03. The number of ether oxygens (including phenoxy) is 1. The van der Waals surface area contributed by atoms with E-state index in [2.05, 4.69) is 25.7 Å². The van der Waals surface area contributed by atoms with Crippen LogP contribution in [-0.4, -0.2) is 56.4 Å². The molecule has 5 nitrogen and oxygen atoms in total. The van der Waals surface area contributed by atoms with Crippen LogP contribution in [0.1, 0.15) is 46.0 Å². The Morgan fingerprint density at radius 2 is 1.83 bits per heavy atom. The lowest BCUT2D eigenvalue weighted by Crippen LogP contribution is -2.50. The van der Waals surface area contributed by atoms with Gasteiger partial charge in [0.1, 0.15) is 0 Å². The van der Waals surface area contributed by atoms with Gasteiger partial charge in [-0.25, -0.2) is 12.7 Å². The molecule has 1 N–H and O–H groups in total. The molecule has 0 aromatic carbocycles. The van der Waals surface area contributed by atoms with E-state index in [1.807, 2.05) is 6.08 Å². The topological polar surface area (TPSA) is 58.6 Å². The van der Waals surface area contributed by atoms with Crippen LogP contribution in [0.25, 0.3) is 0 Å². The molecule has 2 rings (SSSR count). The van der Waals surface area contributed by atoms with Crippen LogP contribution >= 0.6 is 0 Å². The van der Waals surface area contributed by atoms with Gasteiger partial charge in [-0.3, -0.25) is 0 Å². The predicted octanol–water partition coefficient (Wildman–Crippen LogP) is 2.15. The van der Waals surface area contributed by atoms with E-state index >= 15 is 0 Å². The lowest BCUT2D eigenvalue weighted by atomic mass is 9.97. The number of hydrogen-bond donors (Lipinski definition) is 1. The standard InChI is InChI=1S/C17H32N2O3S/c1-4-5-14(2)15(3)18-16-6-10-19(11-7-16)23(20,21)17-8-12-22-13-9-17/h4,14-18H,1,5-13H2,2-3H3. The number of sulfonamides is 1. The van der Waals surface area contributed by atoms with Gasteiger partial charge >= 0.3 is 0 Å². The van der Waals surface area contributed by atoms with Gasteiger partial charge in [0.25, 0.3) is 0 Å². The summed E-state index contributed by atoms with van der Waals surface area (Å²) < 4.78 is 32.4. The summed E-state index contributed by atoms with van der Waals surface area (Å²) in [6, 6.07) is 0.843. The van der Waals surface area contributed by atoms with Crippen molar-refractivity contribution < 1.29 is 13.2 Å². The molecular weight excluding hydrogens is 312 g/mol. The van der Waals surface area contributed by atoms with Gasteiger partial charge in [0.15, 0.2) is 0 Å². The minimum Gasteiger partial charge on any atom is -0.381 e. The van der Waals surface area contributed by atoms with Crippen LogP contribution in [0.4, 0.5) is 0 Å². The van der Waals surface area contributed by atoms with E-state index in [1.54, 1.807) is 4.31 Å². The molecule has 0 saturated carbocycles. The first kappa shape index (κ1) is 18.9. The molecule has 2 saturated heterocycles. The van der Waals surface area contributed by atoms with Crippen LogP contribution in [0.3, 0.4) is 0 Å². The van der Waals surface area contributed by atoms with Crippen LogP contribution < -0.4 is 5.32 Å². The summed E-state index contributed by atoms with van der Waals surface area (Å²) in [7, 11) is -3.15. The zero-order chi connectivity index (χ0) is 16.9. The maximum Gasteiger partial charge on any atom is 0.217 e. The molecule has 0 spiro atoms. The van der Waals surface area contributed by atoms with Crippen molar-refractivity contribution in [1.82, 2.24) is 9.62 Å². The second kappa shape index (κ2) is 8.60. The third-order valence-electron chi connectivity index (χ3n) is 5.29. The fourth-order valence-electron chi connectivity index (χ4n) is 3.46. The predicted molar refractivity (Wildman–Crippen MR) is 93.9 cm³/mol. The van der Waals surface area contributed by atoms with Gasteiger partial charge < -0.3 is 10.1 Å². The van der Waals surface area contributed by atoms with Gasteiger partial charge in [-0.15, -0.1) is 6.58 Å². The Morgan fingerprint density at radius 3 is 2.39 bits per heavy atom. The van der Waals surface area contributed by atoms with Crippen LogP contribution in [-0.2, 0) is 14.8 Å². The molecule has 6 heteroatoms. The smallest absolute Gasteiger partial charge is 0.217 e. The Labute approximate surface area is 141 Å². The summed E-state index contributed by atoms with van der Waals surface area (Å²) in [5, 5.41) is 3.42. The fraction of sp³-hybridized carbons (Fsp3) is 0.882. The van der Waals surface area contributed by atoms with E-state index in [0.717, 1.165) is 19.3 Å². The Bertz CT molecular complexity index is 466. The van der Waals surface area contributed by atoms with Crippen LogP contribution in [0, 0.1) is 5.92 Å².